The Kier molecular flexibility index (Phi) is 8.22. The first kappa shape index (κ1) is 21.7. The Morgan fingerprint density at radius 1 is 1.11 bits per heavy atom. The number of hydrogen-bond acceptors (Lipinski definition) is 6. The molecule has 6 nitrogen and oxygen atoms in total. The third-order valence-corrected chi connectivity index (χ3v) is 4.05. The van der Waals surface area contributed by atoms with Gasteiger partial charge in [-0.05, 0) is 23.6 Å². The summed E-state index contributed by atoms with van der Waals surface area (Å²) in [6, 6.07) is 8.19. The van der Waals surface area contributed by atoms with Crippen molar-refractivity contribution in [3.63, 3.8) is 0 Å². The summed E-state index contributed by atoms with van der Waals surface area (Å²) in [6.07, 6.45) is 6.03. The molecule has 0 unspecified atom stereocenters. The Hall–Kier alpha value is -2.64. The van der Waals surface area contributed by atoms with E-state index in [0.717, 1.165) is 17.0 Å². The molecule has 3 rings (SSSR count). The molecule has 28 heavy (non-hydrogen) atoms. The van der Waals surface area contributed by atoms with Gasteiger partial charge in [0.1, 0.15) is 18.2 Å². The number of halogens is 2. The van der Waals surface area contributed by atoms with Crippen LogP contribution >= 0.6 is 12.4 Å². The second kappa shape index (κ2) is 10.6. The van der Waals surface area contributed by atoms with Crippen LogP contribution < -0.4 is 4.74 Å². The van der Waals surface area contributed by atoms with E-state index in [4.69, 9.17) is 9.84 Å². The fourth-order valence-electron chi connectivity index (χ4n) is 2.72. The summed E-state index contributed by atoms with van der Waals surface area (Å²) in [5, 5.41) is 9.00. The van der Waals surface area contributed by atoms with E-state index < -0.39 is 0 Å². The van der Waals surface area contributed by atoms with Crippen molar-refractivity contribution < 1.29 is 14.2 Å². The summed E-state index contributed by atoms with van der Waals surface area (Å²) in [4.78, 5) is 17.4. The van der Waals surface area contributed by atoms with Crippen LogP contribution in [0.2, 0.25) is 0 Å². The molecule has 148 valence electrons. The van der Waals surface area contributed by atoms with Gasteiger partial charge >= 0.3 is 0 Å². The largest absolute Gasteiger partial charge is 0.475 e. The van der Waals surface area contributed by atoms with Crippen LogP contribution in [0, 0.1) is 5.82 Å². The molecule has 0 aliphatic rings. The number of aliphatic hydroxyl groups is 1. The van der Waals surface area contributed by atoms with Gasteiger partial charge in [0.25, 0.3) is 0 Å². The molecule has 1 N–H and O–H groups in total. The zero-order valence-corrected chi connectivity index (χ0v) is 16.3. The Labute approximate surface area is 169 Å². The second-order valence-corrected chi connectivity index (χ2v) is 6.22. The number of aromatic nitrogens is 4. The van der Waals surface area contributed by atoms with Crippen LogP contribution in [-0.2, 0) is 12.8 Å². The van der Waals surface area contributed by atoms with E-state index in [1.165, 1.54) is 12.1 Å². The number of benzene rings is 1. The van der Waals surface area contributed by atoms with Crippen molar-refractivity contribution in [1.82, 2.24) is 19.9 Å². The predicted octanol–water partition coefficient (Wildman–Crippen LogP) is 3.14. The molecule has 0 aliphatic heterocycles. The van der Waals surface area contributed by atoms with Gasteiger partial charge in [-0.1, -0.05) is 19.1 Å². The molecular weight excluding hydrogens is 383 g/mol. The number of rotatable bonds is 8. The number of ether oxygens (including phenoxy) is 1. The molecule has 2 aromatic heterocycles. The number of hydrogen-bond donors (Lipinski definition) is 1. The maximum Gasteiger partial charge on any atom is 0.216 e. The highest BCUT2D eigenvalue weighted by Crippen LogP contribution is 2.21. The highest BCUT2D eigenvalue weighted by Gasteiger charge is 2.13. The summed E-state index contributed by atoms with van der Waals surface area (Å²) in [7, 11) is 0. The Morgan fingerprint density at radius 2 is 1.89 bits per heavy atom. The summed E-state index contributed by atoms with van der Waals surface area (Å²) < 4.78 is 18.6. The van der Waals surface area contributed by atoms with Crippen molar-refractivity contribution in [1.29, 1.82) is 0 Å². The molecule has 2 heterocycles. The fourth-order valence-corrected chi connectivity index (χ4v) is 2.72. The highest BCUT2D eigenvalue weighted by atomic mass is 35.5. The normalized spacial score (nSPS) is 11.5. The van der Waals surface area contributed by atoms with Crippen molar-refractivity contribution in [3.05, 3.63) is 77.5 Å². The highest BCUT2D eigenvalue weighted by molar-refractivity contribution is 5.85. The van der Waals surface area contributed by atoms with Gasteiger partial charge in [0.05, 0.1) is 18.0 Å². The van der Waals surface area contributed by atoms with E-state index >= 15 is 0 Å². The average molecular weight is 405 g/mol. The van der Waals surface area contributed by atoms with Crippen LogP contribution in [0.3, 0.4) is 0 Å². The molecule has 0 saturated carbocycles. The average Bonchev–Trinajstić information content (AvgIpc) is 2.67. The fraction of sp³-hybridized carbons (Fsp3) is 0.300. The molecule has 0 fully saturated rings. The zero-order chi connectivity index (χ0) is 19.1. The predicted molar refractivity (Wildman–Crippen MR) is 105 cm³/mol. The van der Waals surface area contributed by atoms with Crippen molar-refractivity contribution in [2.75, 3.05) is 13.2 Å². The SMILES string of the molecule is C[C@H](Cc1nc(Cc2cnccn2)cc(OCCO)n1)c1ccc(F)cc1.Cl. The molecule has 0 radical (unpaired) electrons. The van der Waals surface area contributed by atoms with Gasteiger partial charge in [0.15, 0.2) is 0 Å². The van der Waals surface area contributed by atoms with Gasteiger partial charge in [-0.2, -0.15) is 4.98 Å². The van der Waals surface area contributed by atoms with E-state index in [9.17, 15) is 4.39 Å². The topological polar surface area (TPSA) is 81.0 Å². The minimum Gasteiger partial charge on any atom is -0.475 e. The lowest BCUT2D eigenvalue weighted by Crippen LogP contribution is -2.10. The first-order chi connectivity index (χ1) is 13.1. The maximum atomic E-state index is 13.1. The van der Waals surface area contributed by atoms with Crippen molar-refractivity contribution >= 4 is 12.4 Å². The smallest absolute Gasteiger partial charge is 0.216 e. The first-order valence-corrected chi connectivity index (χ1v) is 8.75. The molecule has 8 heteroatoms. The van der Waals surface area contributed by atoms with Gasteiger partial charge in [-0.3, -0.25) is 9.97 Å². The Morgan fingerprint density at radius 3 is 2.57 bits per heavy atom. The van der Waals surface area contributed by atoms with Crippen LogP contribution in [0.25, 0.3) is 0 Å². The lowest BCUT2D eigenvalue weighted by atomic mass is 9.97. The zero-order valence-electron chi connectivity index (χ0n) is 15.5. The van der Waals surface area contributed by atoms with Gasteiger partial charge in [-0.15, -0.1) is 12.4 Å². The van der Waals surface area contributed by atoms with Gasteiger partial charge < -0.3 is 9.84 Å². The first-order valence-electron chi connectivity index (χ1n) is 8.75. The van der Waals surface area contributed by atoms with Crippen LogP contribution in [0.4, 0.5) is 4.39 Å². The van der Waals surface area contributed by atoms with E-state index in [1.54, 1.807) is 36.8 Å². The Bertz CT molecular complexity index is 866. The molecule has 1 aromatic carbocycles. The van der Waals surface area contributed by atoms with Gasteiger partial charge in [0, 0.05) is 37.5 Å². The van der Waals surface area contributed by atoms with Gasteiger partial charge in [-0.25, -0.2) is 9.37 Å². The van der Waals surface area contributed by atoms with Crippen LogP contribution in [-0.4, -0.2) is 38.3 Å². The Balaban J connectivity index is 0.00000280. The molecule has 0 aliphatic carbocycles. The van der Waals surface area contributed by atoms with Crippen molar-refractivity contribution in [2.45, 2.75) is 25.7 Å². The van der Waals surface area contributed by atoms with Crippen LogP contribution in [0.5, 0.6) is 5.88 Å². The van der Waals surface area contributed by atoms with Crippen molar-refractivity contribution in [2.24, 2.45) is 0 Å². The molecule has 0 amide bonds. The lowest BCUT2D eigenvalue weighted by molar-refractivity contribution is 0.196. The third kappa shape index (κ3) is 6.21. The van der Waals surface area contributed by atoms with E-state index in [2.05, 4.69) is 19.9 Å². The summed E-state index contributed by atoms with van der Waals surface area (Å²) in [5.41, 5.74) is 2.57. The summed E-state index contributed by atoms with van der Waals surface area (Å²) >= 11 is 0. The molecule has 0 bridgehead atoms. The molecular formula is C20H22ClFN4O2. The monoisotopic (exact) mass is 404 g/mol. The second-order valence-electron chi connectivity index (χ2n) is 6.22. The lowest BCUT2D eigenvalue weighted by Gasteiger charge is -2.13. The van der Waals surface area contributed by atoms with Gasteiger partial charge in [0.2, 0.25) is 5.88 Å². The third-order valence-electron chi connectivity index (χ3n) is 4.05. The molecule has 0 spiro atoms. The van der Waals surface area contributed by atoms with Crippen LogP contribution in [0.15, 0.2) is 48.9 Å². The standard InChI is InChI=1S/C20H21FN4O2.ClH/c1-14(15-2-4-16(21)5-3-15)10-19-24-17(11-18-13-22-6-7-23-18)12-20(25-19)27-9-8-26;/h2-7,12-14,26H,8-11H2,1H3;1H/t14-;/m1./s1. The molecule has 1 atom stereocenters. The van der Waals surface area contributed by atoms with Crippen LogP contribution in [0.1, 0.15) is 35.6 Å². The number of aliphatic hydroxyl groups excluding tert-OH is 1. The van der Waals surface area contributed by atoms with E-state index in [-0.39, 0.29) is 37.4 Å². The molecule has 3 aromatic rings. The van der Waals surface area contributed by atoms with Crippen molar-refractivity contribution in [3.8, 4) is 5.88 Å². The maximum absolute atomic E-state index is 13.1. The summed E-state index contributed by atoms with van der Waals surface area (Å²) in [5.74, 6) is 0.899. The quantitative estimate of drug-likeness (QED) is 0.621. The summed E-state index contributed by atoms with van der Waals surface area (Å²) in [6.45, 7) is 2.11. The minimum absolute atomic E-state index is 0. The molecule has 0 saturated heterocycles. The van der Waals surface area contributed by atoms with E-state index in [1.807, 2.05) is 6.92 Å². The van der Waals surface area contributed by atoms with E-state index in [0.29, 0.717) is 24.5 Å². The number of nitrogens with zero attached hydrogens (tertiary/aromatic N) is 4. The minimum atomic E-state index is -0.257.